The zero-order valence-corrected chi connectivity index (χ0v) is 11.1. The van der Waals surface area contributed by atoms with Gasteiger partial charge < -0.3 is 10.1 Å². The van der Waals surface area contributed by atoms with Crippen molar-refractivity contribution < 1.29 is 9.53 Å². The van der Waals surface area contributed by atoms with Crippen molar-refractivity contribution in [2.75, 3.05) is 13.2 Å². The van der Waals surface area contributed by atoms with Crippen molar-refractivity contribution in [2.24, 2.45) is 0 Å². The van der Waals surface area contributed by atoms with Crippen LogP contribution in [0, 0.1) is 13.8 Å². The topological polar surface area (TPSA) is 67.0 Å². The molecule has 1 aliphatic heterocycles. The number of nitrogens with one attached hydrogen (secondary N) is 2. The molecule has 1 fully saturated rings. The van der Waals surface area contributed by atoms with Crippen LogP contribution in [0.5, 0.6) is 0 Å². The molecule has 1 aromatic heterocycles. The maximum Gasteiger partial charge on any atom is 0.249 e. The second-order valence-electron chi connectivity index (χ2n) is 4.81. The van der Waals surface area contributed by atoms with E-state index >= 15 is 0 Å². The van der Waals surface area contributed by atoms with Crippen LogP contribution in [0.25, 0.3) is 0 Å². The molecule has 1 saturated heterocycles. The summed E-state index contributed by atoms with van der Waals surface area (Å²) in [5.41, 5.74) is 3.44. The van der Waals surface area contributed by atoms with E-state index in [0.717, 1.165) is 37.1 Å². The summed E-state index contributed by atoms with van der Waals surface area (Å²) in [6, 6.07) is 0. The number of hydrogen-bond acceptors (Lipinski definition) is 3. The van der Waals surface area contributed by atoms with Crippen molar-refractivity contribution in [1.29, 1.82) is 0 Å². The summed E-state index contributed by atoms with van der Waals surface area (Å²) in [4.78, 5) is 11.7. The van der Waals surface area contributed by atoms with Gasteiger partial charge in [0, 0.05) is 18.8 Å². The van der Waals surface area contributed by atoms with Crippen LogP contribution in [0.3, 0.4) is 0 Å². The standard InChI is InChI=1S/C13H21N3O2/c1-9-11(10(2)16-15-9)5-3-7-14-13(17)12-6-4-8-18-12/h12H,3-8H2,1-2H3,(H,14,17)(H,15,16)/t12-/m1/s1. The Morgan fingerprint density at radius 3 is 3.00 bits per heavy atom. The molecule has 0 saturated carbocycles. The van der Waals surface area contributed by atoms with Crippen molar-refractivity contribution in [3.05, 3.63) is 17.0 Å². The van der Waals surface area contributed by atoms with Gasteiger partial charge in [-0.05, 0) is 45.1 Å². The highest BCUT2D eigenvalue weighted by Gasteiger charge is 2.22. The summed E-state index contributed by atoms with van der Waals surface area (Å²) in [6.45, 7) is 5.44. The molecule has 1 aliphatic rings. The lowest BCUT2D eigenvalue weighted by atomic mass is 10.1. The van der Waals surface area contributed by atoms with Crippen LogP contribution >= 0.6 is 0 Å². The molecule has 0 aliphatic carbocycles. The predicted octanol–water partition coefficient (Wildman–Crippen LogP) is 1.25. The Hall–Kier alpha value is -1.36. The monoisotopic (exact) mass is 251 g/mol. The first kappa shape index (κ1) is 13.1. The number of hydrogen-bond donors (Lipinski definition) is 2. The van der Waals surface area contributed by atoms with E-state index in [9.17, 15) is 4.79 Å². The van der Waals surface area contributed by atoms with Crippen LogP contribution in [0.15, 0.2) is 0 Å². The van der Waals surface area contributed by atoms with E-state index in [-0.39, 0.29) is 12.0 Å². The number of aryl methyl sites for hydroxylation is 2. The fraction of sp³-hybridized carbons (Fsp3) is 0.692. The summed E-state index contributed by atoms with van der Waals surface area (Å²) in [7, 11) is 0. The van der Waals surface area contributed by atoms with E-state index in [2.05, 4.69) is 15.5 Å². The lowest BCUT2D eigenvalue weighted by Crippen LogP contribution is -2.34. The first-order valence-corrected chi connectivity index (χ1v) is 6.58. The first-order valence-electron chi connectivity index (χ1n) is 6.58. The van der Waals surface area contributed by atoms with Gasteiger partial charge in [0.25, 0.3) is 0 Å². The molecule has 2 heterocycles. The molecule has 2 N–H and O–H groups in total. The number of carbonyl (C=O) groups is 1. The Morgan fingerprint density at radius 2 is 2.39 bits per heavy atom. The van der Waals surface area contributed by atoms with Crippen LogP contribution in [-0.4, -0.2) is 35.4 Å². The summed E-state index contributed by atoms with van der Waals surface area (Å²) in [5.74, 6) is 0.0353. The molecular formula is C13H21N3O2. The molecule has 1 amide bonds. The van der Waals surface area contributed by atoms with Gasteiger partial charge in [0.05, 0.1) is 5.69 Å². The Kier molecular flexibility index (Phi) is 4.36. The average molecular weight is 251 g/mol. The number of nitrogens with zero attached hydrogens (tertiary/aromatic N) is 1. The van der Waals surface area contributed by atoms with Gasteiger partial charge in [0.2, 0.25) is 5.91 Å². The van der Waals surface area contributed by atoms with Gasteiger partial charge in [0.15, 0.2) is 0 Å². The Balaban J connectivity index is 1.68. The van der Waals surface area contributed by atoms with E-state index < -0.39 is 0 Å². The molecule has 100 valence electrons. The molecule has 0 aromatic carbocycles. The van der Waals surface area contributed by atoms with Crippen molar-refractivity contribution in [1.82, 2.24) is 15.5 Å². The molecule has 1 atom stereocenters. The highest BCUT2D eigenvalue weighted by molar-refractivity contribution is 5.80. The lowest BCUT2D eigenvalue weighted by molar-refractivity contribution is -0.130. The fourth-order valence-corrected chi connectivity index (χ4v) is 2.32. The number of rotatable bonds is 5. The Morgan fingerprint density at radius 1 is 1.56 bits per heavy atom. The molecule has 0 unspecified atom stereocenters. The number of aromatic amines is 1. The van der Waals surface area contributed by atoms with E-state index in [1.807, 2.05) is 13.8 Å². The minimum atomic E-state index is -0.220. The number of aromatic nitrogens is 2. The van der Waals surface area contributed by atoms with Crippen LogP contribution in [-0.2, 0) is 16.0 Å². The van der Waals surface area contributed by atoms with Gasteiger partial charge in [-0.25, -0.2) is 0 Å². The summed E-state index contributed by atoms with van der Waals surface area (Å²) >= 11 is 0. The summed E-state index contributed by atoms with van der Waals surface area (Å²) < 4.78 is 5.33. The smallest absolute Gasteiger partial charge is 0.249 e. The predicted molar refractivity (Wildman–Crippen MR) is 68.4 cm³/mol. The molecule has 0 bridgehead atoms. The molecule has 5 nitrogen and oxygen atoms in total. The first-order chi connectivity index (χ1) is 8.68. The number of amides is 1. The van der Waals surface area contributed by atoms with Gasteiger partial charge in [-0.1, -0.05) is 0 Å². The van der Waals surface area contributed by atoms with E-state index in [1.54, 1.807) is 0 Å². The normalized spacial score (nSPS) is 19.1. The summed E-state index contributed by atoms with van der Waals surface area (Å²) in [6.07, 6.45) is 3.50. The Labute approximate surface area is 107 Å². The number of carbonyl (C=O) groups excluding carboxylic acids is 1. The second kappa shape index (κ2) is 6.00. The van der Waals surface area contributed by atoms with Crippen molar-refractivity contribution in [2.45, 2.75) is 45.6 Å². The third-order valence-electron chi connectivity index (χ3n) is 3.41. The van der Waals surface area contributed by atoms with Crippen LogP contribution in [0.4, 0.5) is 0 Å². The zero-order valence-electron chi connectivity index (χ0n) is 11.1. The SMILES string of the molecule is Cc1n[nH]c(C)c1CCCNC(=O)[C@H]1CCCO1. The molecule has 18 heavy (non-hydrogen) atoms. The Bertz CT molecular complexity index is 389. The largest absolute Gasteiger partial charge is 0.368 e. The second-order valence-corrected chi connectivity index (χ2v) is 4.81. The molecule has 2 rings (SSSR count). The number of ether oxygens (including phenoxy) is 1. The van der Waals surface area contributed by atoms with Gasteiger partial charge in [-0.15, -0.1) is 0 Å². The van der Waals surface area contributed by atoms with Gasteiger partial charge in [0.1, 0.15) is 6.10 Å². The molecule has 5 heteroatoms. The highest BCUT2D eigenvalue weighted by atomic mass is 16.5. The van der Waals surface area contributed by atoms with Gasteiger partial charge in [-0.3, -0.25) is 9.89 Å². The maximum absolute atomic E-state index is 11.7. The quantitative estimate of drug-likeness (QED) is 0.774. The molecular weight excluding hydrogens is 230 g/mol. The molecule has 0 spiro atoms. The molecule has 1 aromatic rings. The van der Waals surface area contributed by atoms with Gasteiger partial charge >= 0.3 is 0 Å². The lowest BCUT2D eigenvalue weighted by Gasteiger charge is -2.10. The van der Waals surface area contributed by atoms with Gasteiger partial charge in [-0.2, -0.15) is 5.10 Å². The third kappa shape index (κ3) is 3.10. The summed E-state index contributed by atoms with van der Waals surface area (Å²) in [5, 5.41) is 10.1. The zero-order chi connectivity index (χ0) is 13.0. The van der Waals surface area contributed by atoms with Crippen LogP contribution in [0.2, 0.25) is 0 Å². The minimum Gasteiger partial charge on any atom is -0.368 e. The van der Waals surface area contributed by atoms with E-state index in [4.69, 9.17) is 4.74 Å². The van der Waals surface area contributed by atoms with E-state index in [1.165, 1.54) is 5.56 Å². The number of H-pyrrole nitrogens is 1. The van der Waals surface area contributed by atoms with E-state index in [0.29, 0.717) is 13.2 Å². The van der Waals surface area contributed by atoms with Crippen molar-refractivity contribution in [3.63, 3.8) is 0 Å². The van der Waals surface area contributed by atoms with Crippen LogP contribution in [0.1, 0.15) is 36.2 Å². The fourth-order valence-electron chi connectivity index (χ4n) is 2.32. The third-order valence-corrected chi connectivity index (χ3v) is 3.41. The molecule has 0 radical (unpaired) electrons. The van der Waals surface area contributed by atoms with Crippen molar-refractivity contribution >= 4 is 5.91 Å². The maximum atomic E-state index is 11.7. The van der Waals surface area contributed by atoms with Crippen molar-refractivity contribution in [3.8, 4) is 0 Å². The highest BCUT2D eigenvalue weighted by Crippen LogP contribution is 2.13. The average Bonchev–Trinajstić information content (AvgIpc) is 2.97. The minimum absolute atomic E-state index is 0.0353. The van der Waals surface area contributed by atoms with Crippen LogP contribution < -0.4 is 5.32 Å².